The number of nitrogens with one attached hydrogen (secondary N) is 1. The number of rotatable bonds is 6. The van der Waals surface area contributed by atoms with Crippen LogP contribution in [0.5, 0.6) is 0 Å². The lowest BCUT2D eigenvalue weighted by Crippen LogP contribution is -2.57. The van der Waals surface area contributed by atoms with Crippen molar-refractivity contribution in [3.8, 4) is 0 Å². The van der Waals surface area contributed by atoms with Crippen molar-refractivity contribution in [2.24, 2.45) is 17.1 Å². The summed E-state index contributed by atoms with van der Waals surface area (Å²) in [5, 5.41) is 2.67. The summed E-state index contributed by atoms with van der Waals surface area (Å²) in [6.07, 6.45) is 1.64. The largest absolute Gasteiger partial charge is 0.494 e. The van der Waals surface area contributed by atoms with Gasteiger partial charge in [-0.2, -0.15) is 0 Å². The van der Waals surface area contributed by atoms with Crippen molar-refractivity contribution < 1.29 is 32.8 Å². The number of hydrogen-bond donors (Lipinski definition) is 2. The van der Waals surface area contributed by atoms with Gasteiger partial charge < -0.3 is 25.1 Å². The lowest BCUT2D eigenvalue weighted by Gasteiger charge is -2.36. The Hall–Kier alpha value is -2.66. The number of halogens is 1. The van der Waals surface area contributed by atoms with E-state index in [1.807, 2.05) is 13.8 Å². The van der Waals surface area contributed by atoms with E-state index < -0.39 is 48.5 Å². The number of primary amides is 1. The van der Waals surface area contributed by atoms with Crippen molar-refractivity contribution in [1.29, 1.82) is 0 Å². The Balaban J connectivity index is 1.44. The monoisotopic (exact) mass is 517 g/mol. The lowest BCUT2D eigenvalue weighted by atomic mass is 9.75. The minimum absolute atomic E-state index is 0.0254. The van der Waals surface area contributed by atoms with E-state index in [-0.39, 0.29) is 29.4 Å². The molecule has 0 aromatic heterocycles. The highest BCUT2D eigenvalue weighted by Gasteiger charge is 2.52. The molecule has 2 saturated heterocycles. The number of ether oxygens (including phenoxy) is 1. The summed E-state index contributed by atoms with van der Waals surface area (Å²) < 4.78 is 32.0. The van der Waals surface area contributed by atoms with Crippen molar-refractivity contribution in [2.45, 2.75) is 84.0 Å². The van der Waals surface area contributed by atoms with Crippen LogP contribution < -0.4 is 16.5 Å². The van der Waals surface area contributed by atoms with Crippen LogP contribution in [0.4, 0.5) is 9.18 Å². The highest BCUT2D eigenvalue weighted by Crippen LogP contribution is 2.43. The number of carbonyl (C=O) groups excluding carboxylic acids is 3. The van der Waals surface area contributed by atoms with Crippen LogP contribution in [0.15, 0.2) is 18.2 Å². The third-order valence-electron chi connectivity index (χ3n) is 7.14. The first-order valence-electron chi connectivity index (χ1n) is 12.9. The summed E-state index contributed by atoms with van der Waals surface area (Å²) in [5.74, 6) is -1.84. The number of hydrogen-bond acceptors (Lipinski definition) is 6. The first-order chi connectivity index (χ1) is 17.2. The molecule has 3 fully saturated rings. The number of benzene rings is 1. The predicted molar refractivity (Wildman–Crippen MR) is 135 cm³/mol. The molecule has 9 nitrogen and oxygen atoms in total. The maximum atomic E-state index is 15.0. The van der Waals surface area contributed by atoms with Crippen LogP contribution in [0.1, 0.15) is 59.4 Å². The Morgan fingerprint density at radius 1 is 1.24 bits per heavy atom. The summed E-state index contributed by atoms with van der Waals surface area (Å²) in [5.41, 5.74) is 5.53. The van der Waals surface area contributed by atoms with Crippen molar-refractivity contribution >= 4 is 30.5 Å². The van der Waals surface area contributed by atoms with Gasteiger partial charge in [0.05, 0.1) is 0 Å². The summed E-state index contributed by atoms with van der Waals surface area (Å²) in [6.45, 7) is 10.3. The lowest BCUT2D eigenvalue weighted by molar-refractivity contribution is -0.132. The molecule has 1 saturated carbocycles. The SMILES string of the molecule is CC1(C)COB(c2ccc(C[C@H](NC(=O)[C@@H]3[C@H]4CC[C@H](C4)N3C(=O)OC(C)(C)C)C(N)=O)c(F)c2)OC1. The van der Waals surface area contributed by atoms with E-state index in [2.05, 4.69) is 5.32 Å². The fourth-order valence-corrected chi connectivity index (χ4v) is 5.36. The van der Waals surface area contributed by atoms with E-state index in [0.717, 1.165) is 12.8 Å². The molecular weight excluding hydrogens is 480 g/mol. The summed E-state index contributed by atoms with van der Waals surface area (Å²) >= 11 is 0. The summed E-state index contributed by atoms with van der Waals surface area (Å²) in [7, 11) is -0.667. The summed E-state index contributed by atoms with van der Waals surface area (Å²) in [4.78, 5) is 39.9. The second-order valence-corrected chi connectivity index (χ2v) is 12.2. The first kappa shape index (κ1) is 27.4. The van der Waals surface area contributed by atoms with E-state index >= 15 is 4.39 Å². The maximum absolute atomic E-state index is 15.0. The molecule has 37 heavy (non-hydrogen) atoms. The van der Waals surface area contributed by atoms with E-state index in [4.69, 9.17) is 19.8 Å². The smallest absolute Gasteiger partial charge is 0.444 e. The maximum Gasteiger partial charge on any atom is 0.494 e. The Labute approximate surface area is 217 Å². The number of fused-ring (bicyclic) bond motifs is 2. The fraction of sp³-hybridized carbons (Fsp3) is 0.654. The van der Waals surface area contributed by atoms with Crippen LogP contribution in [0, 0.1) is 17.2 Å². The average Bonchev–Trinajstić information content (AvgIpc) is 3.40. The van der Waals surface area contributed by atoms with Crippen molar-refractivity contribution in [3.05, 3.63) is 29.6 Å². The molecule has 3 amide bonds. The van der Waals surface area contributed by atoms with Crippen LogP contribution in [-0.4, -0.2) is 66.9 Å². The molecule has 1 aromatic carbocycles. The Morgan fingerprint density at radius 3 is 2.51 bits per heavy atom. The zero-order chi connectivity index (χ0) is 27.1. The molecule has 2 bridgehead atoms. The van der Waals surface area contributed by atoms with Gasteiger partial charge in [-0.1, -0.05) is 26.0 Å². The van der Waals surface area contributed by atoms with Gasteiger partial charge in [-0.3, -0.25) is 14.5 Å². The number of carbonyl (C=O) groups is 3. The van der Waals surface area contributed by atoms with Crippen LogP contribution in [0.3, 0.4) is 0 Å². The van der Waals surface area contributed by atoms with Gasteiger partial charge in [-0.05, 0) is 63.0 Å². The molecule has 2 aliphatic heterocycles. The van der Waals surface area contributed by atoms with Gasteiger partial charge in [-0.15, -0.1) is 0 Å². The molecule has 3 N–H and O–H groups in total. The molecule has 0 radical (unpaired) electrons. The molecule has 3 aliphatic rings. The zero-order valence-electron chi connectivity index (χ0n) is 22.2. The van der Waals surface area contributed by atoms with Gasteiger partial charge in [-0.25, -0.2) is 9.18 Å². The Kier molecular flexibility index (Phi) is 7.58. The molecule has 4 atom stereocenters. The number of nitrogens with two attached hydrogens (primary N) is 1. The highest BCUT2D eigenvalue weighted by molar-refractivity contribution is 6.61. The number of nitrogens with zero attached hydrogens (tertiary/aromatic N) is 1. The van der Waals surface area contributed by atoms with E-state index in [0.29, 0.717) is 25.1 Å². The number of piperidine rings is 1. The molecule has 0 spiro atoms. The van der Waals surface area contributed by atoms with Gasteiger partial charge in [0.2, 0.25) is 11.8 Å². The van der Waals surface area contributed by atoms with Gasteiger partial charge in [0.1, 0.15) is 23.5 Å². The molecule has 11 heteroatoms. The van der Waals surface area contributed by atoms with E-state index in [9.17, 15) is 14.4 Å². The third-order valence-corrected chi connectivity index (χ3v) is 7.14. The minimum atomic E-state index is -1.14. The normalized spacial score (nSPS) is 25.6. The topological polar surface area (TPSA) is 120 Å². The zero-order valence-corrected chi connectivity index (χ0v) is 22.2. The predicted octanol–water partition coefficient (Wildman–Crippen LogP) is 1.89. The Bertz CT molecular complexity index is 1050. The van der Waals surface area contributed by atoms with Gasteiger partial charge in [0, 0.05) is 31.1 Å². The van der Waals surface area contributed by atoms with Crippen LogP contribution in [0.2, 0.25) is 0 Å². The molecule has 1 aromatic rings. The highest BCUT2D eigenvalue weighted by atomic mass is 19.1. The molecular formula is C26H37BFN3O6. The van der Waals surface area contributed by atoms with Gasteiger partial charge >= 0.3 is 13.2 Å². The fourth-order valence-electron chi connectivity index (χ4n) is 5.36. The number of amides is 3. The van der Waals surface area contributed by atoms with Crippen LogP contribution in [-0.2, 0) is 30.1 Å². The molecule has 4 rings (SSSR count). The second kappa shape index (κ2) is 10.2. The first-order valence-corrected chi connectivity index (χ1v) is 12.9. The van der Waals surface area contributed by atoms with Crippen molar-refractivity contribution in [3.63, 3.8) is 0 Å². The van der Waals surface area contributed by atoms with Gasteiger partial charge in [0.15, 0.2) is 0 Å². The van der Waals surface area contributed by atoms with Gasteiger partial charge in [0.25, 0.3) is 0 Å². The molecule has 202 valence electrons. The Morgan fingerprint density at radius 2 is 1.92 bits per heavy atom. The van der Waals surface area contributed by atoms with Crippen LogP contribution in [0.25, 0.3) is 0 Å². The average molecular weight is 517 g/mol. The minimum Gasteiger partial charge on any atom is -0.444 e. The third kappa shape index (κ3) is 6.26. The molecule has 1 aliphatic carbocycles. The standard InChI is InChI=1S/C26H37BFN3O6/c1-25(2,3)37-24(34)31-18-9-7-16(10-18)21(31)23(33)30-20(22(29)32)11-15-6-8-17(12-19(15)28)27-35-13-26(4,5)14-36-27/h6,8,12,16,18,20-21H,7,9-11,13-14H2,1-5H3,(H2,29,32)(H,30,33)/t16-,18+,20-,21-/m0/s1. The summed E-state index contributed by atoms with van der Waals surface area (Å²) in [6, 6.07) is 2.56. The quantitative estimate of drug-likeness (QED) is 0.557. The molecule has 0 unspecified atom stereocenters. The van der Waals surface area contributed by atoms with E-state index in [1.54, 1.807) is 32.9 Å². The van der Waals surface area contributed by atoms with Crippen LogP contribution >= 0.6 is 0 Å². The van der Waals surface area contributed by atoms with E-state index in [1.165, 1.54) is 11.0 Å². The second-order valence-electron chi connectivity index (χ2n) is 12.2. The number of likely N-dealkylation sites (tertiary alicyclic amines) is 1. The van der Waals surface area contributed by atoms with Crippen molar-refractivity contribution in [2.75, 3.05) is 13.2 Å². The molecule has 2 heterocycles. The van der Waals surface area contributed by atoms with Crippen molar-refractivity contribution in [1.82, 2.24) is 10.2 Å².